The van der Waals surface area contributed by atoms with E-state index in [1.807, 2.05) is 0 Å². The largest absolute Gasteiger partial charge is 0.332 e. The Balaban J connectivity index is 1.93. The Bertz CT molecular complexity index is 657. The third-order valence-corrected chi connectivity index (χ3v) is 4.93. The summed E-state index contributed by atoms with van der Waals surface area (Å²) in [5, 5.41) is 3.45. The Hall–Kier alpha value is -1.44. The molecule has 2 rings (SSSR count). The fraction of sp³-hybridized carbons (Fsp3) is 0.400. The number of halogens is 2. The van der Waals surface area contributed by atoms with Crippen LogP contribution in [0.2, 0.25) is 10.0 Å². The van der Waals surface area contributed by atoms with E-state index in [0.29, 0.717) is 33.9 Å². The number of anilines is 1. The first-order valence-electron chi connectivity index (χ1n) is 7.29. The maximum Gasteiger partial charge on any atom is 0.244 e. The molecular formula is C15H17Cl2N3O3S. The van der Waals surface area contributed by atoms with Crippen molar-refractivity contribution in [1.29, 1.82) is 0 Å². The molecule has 0 saturated carbocycles. The molecule has 24 heavy (non-hydrogen) atoms. The van der Waals surface area contributed by atoms with Crippen LogP contribution in [0.15, 0.2) is 18.2 Å². The summed E-state index contributed by atoms with van der Waals surface area (Å²) in [6.45, 7) is 2.01. The summed E-state index contributed by atoms with van der Waals surface area (Å²) < 4.78 is 0. The van der Waals surface area contributed by atoms with Gasteiger partial charge in [0.15, 0.2) is 0 Å². The Labute approximate surface area is 154 Å². The van der Waals surface area contributed by atoms with Gasteiger partial charge >= 0.3 is 0 Å². The number of benzene rings is 1. The number of amides is 3. The predicted molar refractivity (Wildman–Crippen MR) is 96.4 cm³/mol. The van der Waals surface area contributed by atoms with Crippen LogP contribution in [0.3, 0.4) is 0 Å². The van der Waals surface area contributed by atoms with Crippen molar-refractivity contribution in [1.82, 2.24) is 9.80 Å². The fourth-order valence-corrected chi connectivity index (χ4v) is 3.38. The Morgan fingerprint density at radius 3 is 2.75 bits per heavy atom. The van der Waals surface area contributed by atoms with Crippen LogP contribution in [0.25, 0.3) is 0 Å². The zero-order valence-electron chi connectivity index (χ0n) is 13.1. The van der Waals surface area contributed by atoms with Gasteiger partial charge in [-0.05, 0) is 25.1 Å². The zero-order chi connectivity index (χ0) is 17.7. The number of thioether (sulfide) groups is 1. The smallest absolute Gasteiger partial charge is 0.244 e. The molecule has 1 aromatic rings. The molecule has 0 aromatic heterocycles. The van der Waals surface area contributed by atoms with Gasteiger partial charge in [-0.3, -0.25) is 14.4 Å². The highest BCUT2D eigenvalue weighted by molar-refractivity contribution is 8.00. The first-order chi connectivity index (χ1) is 11.4. The zero-order valence-corrected chi connectivity index (χ0v) is 15.4. The molecule has 9 heteroatoms. The molecule has 1 heterocycles. The summed E-state index contributed by atoms with van der Waals surface area (Å²) in [5.74, 6) is 0.205. The normalized spacial score (nSPS) is 14.0. The lowest BCUT2D eigenvalue weighted by molar-refractivity contribution is -0.139. The van der Waals surface area contributed by atoms with Crippen molar-refractivity contribution in [3.05, 3.63) is 28.2 Å². The number of carbonyl (C=O) groups is 3. The highest BCUT2D eigenvalue weighted by Crippen LogP contribution is 2.25. The van der Waals surface area contributed by atoms with Gasteiger partial charge in [-0.15, -0.1) is 11.8 Å². The van der Waals surface area contributed by atoms with E-state index in [9.17, 15) is 14.4 Å². The molecule has 1 aliphatic heterocycles. The van der Waals surface area contributed by atoms with Crippen molar-refractivity contribution in [2.24, 2.45) is 0 Å². The number of rotatable bonds is 6. The minimum Gasteiger partial charge on any atom is -0.332 e. The number of carbonyl (C=O) groups excluding carboxylic acids is 3. The van der Waals surface area contributed by atoms with E-state index in [-0.39, 0.29) is 30.8 Å². The van der Waals surface area contributed by atoms with Crippen LogP contribution in [0.1, 0.15) is 6.92 Å². The van der Waals surface area contributed by atoms with Crippen molar-refractivity contribution in [3.8, 4) is 0 Å². The molecule has 0 radical (unpaired) electrons. The van der Waals surface area contributed by atoms with Crippen LogP contribution in [0, 0.1) is 0 Å². The molecule has 1 aliphatic rings. The van der Waals surface area contributed by atoms with Gasteiger partial charge in [-0.2, -0.15) is 0 Å². The number of nitrogens with one attached hydrogen (secondary N) is 1. The van der Waals surface area contributed by atoms with Crippen LogP contribution in [0.4, 0.5) is 5.69 Å². The van der Waals surface area contributed by atoms with Crippen molar-refractivity contribution in [2.45, 2.75) is 6.92 Å². The summed E-state index contributed by atoms with van der Waals surface area (Å²) in [5.41, 5.74) is 0.392. The average molecular weight is 390 g/mol. The SMILES string of the molecule is CCN(CC(=O)Nc1cc(Cl)ccc1Cl)C(=O)CN1CSCC1=O. The molecule has 0 bridgehead atoms. The quantitative estimate of drug-likeness (QED) is 0.810. The van der Waals surface area contributed by atoms with Gasteiger partial charge < -0.3 is 15.1 Å². The second-order valence-electron chi connectivity index (χ2n) is 5.15. The van der Waals surface area contributed by atoms with Gasteiger partial charge in [0.2, 0.25) is 17.7 Å². The minimum atomic E-state index is -0.378. The first kappa shape index (κ1) is 18.9. The topological polar surface area (TPSA) is 69.7 Å². The monoisotopic (exact) mass is 389 g/mol. The highest BCUT2D eigenvalue weighted by atomic mass is 35.5. The Morgan fingerprint density at radius 2 is 2.12 bits per heavy atom. The van der Waals surface area contributed by atoms with E-state index < -0.39 is 0 Å². The molecule has 1 saturated heterocycles. The molecule has 1 N–H and O–H groups in total. The van der Waals surface area contributed by atoms with Crippen molar-refractivity contribution in [3.63, 3.8) is 0 Å². The third-order valence-electron chi connectivity index (χ3n) is 3.42. The van der Waals surface area contributed by atoms with Crippen LogP contribution in [-0.4, -0.2) is 58.8 Å². The number of hydrogen-bond acceptors (Lipinski definition) is 4. The maximum absolute atomic E-state index is 12.3. The van der Waals surface area contributed by atoms with E-state index in [0.717, 1.165) is 0 Å². The Kier molecular flexibility index (Phi) is 6.77. The van der Waals surface area contributed by atoms with Crippen LogP contribution in [0.5, 0.6) is 0 Å². The van der Waals surface area contributed by atoms with Crippen LogP contribution in [-0.2, 0) is 14.4 Å². The molecule has 1 aromatic carbocycles. The van der Waals surface area contributed by atoms with Gasteiger partial charge in [-0.25, -0.2) is 0 Å². The summed E-state index contributed by atoms with van der Waals surface area (Å²) in [6.07, 6.45) is 0. The molecule has 0 spiro atoms. The third kappa shape index (κ3) is 5.03. The summed E-state index contributed by atoms with van der Waals surface area (Å²) >= 11 is 13.4. The maximum atomic E-state index is 12.3. The molecule has 1 fully saturated rings. The van der Waals surface area contributed by atoms with E-state index in [1.165, 1.54) is 21.6 Å². The van der Waals surface area contributed by atoms with Crippen molar-refractivity contribution in [2.75, 3.05) is 36.6 Å². The van der Waals surface area contributed by atoms with E-state index in [4.69, 9.17) is 23.2 Å². The van der Waals surface area contributed by atoms with Gasteiger partial charge in [-0.1, -0.05) is 23.2 Å². The second-order valence-corrected chi connectivity index (χ2v) is 6.95. The fourth-order valence-electron chi connectivity index (χ4n) is 2.14. The van der Waals surface area contributed by atoms with Crippen molar-refractivity contribution >= 4 is 58.4 Å². The number of hydrogen-bond donors (Lipinski definition) is 1. The lowest BCUT2D eigenvalue weighted by Crippen LogP contribution is -2.44. The van der Waals surface area contributed by atoms with Crippen molar-refractivity contribution < 1.29 is 14.4 Å². The summed E-state index contributed by atoms with van der Waals surface area (Å²) in [4.78, 5) is 38.9. The first-order valence-corrected chi connectivity index (χ1v) is 9.20. The van der Waals surface area contributed by atoms with E-state index >= 15 is 0 Å². The Morgan fingerprint density at radius 1 is 1.38 bits per heavy atom. The molecule has 6 nitrogen and oxygen atoms in total. The summed E-state index contributed by atoms with van der Waals surface area (Å²) in [6, 6.07) is 4.74. The minimum absolute atomic E-state index is 0.00905. The molecule has 0 unspecified atom stereocenters. The molecule has 0 aliphatic carbocycles. The van der Waals surface area contributed by atoms with Crippen LogP contribution < -0.4 is 5.32 Å². The lowest BCUT2D eigenvalue weighted by Gasteiger charge is -2.23. The van der Waals surface area contributed by atoms with Crippen LogP contribution >= 0.6 is 35.0 Å². The number of likely N-dealkylation sites (N-methyl/N-ethyl adjacent to an activating group) is 1. The lowest BCUT2D eigenvalue weighted by atomic mass is 10.3. The van der Waals surface area contributed by atoms with Gasteiger partial charge in [0.05, 0.1) is 28.9 Å². The van der Waals surface area contributed by atoms with E-state index in [1.54, 1.807) is 25.1 Å². The van der Waals surface area contributed by atoms with Gasteiger partial charge in [0.1, 0.15) is 6.54 Å². The standard InChI is InChI=1S/C15H17Cl2N3O3S/c1-2-19(14(22)7-20-9-24-8-15(20)23)6-13(21)18-12-5-10(16)3-4-11(12)17/h3-5H,2,6-9H2,1H3,(H,18,21). The highest BCUT2D eigenvalue weighted by Gasteiger charge is 2.25. The molecule has 3 amide bonds. The molecular weight excluding hydrogens is 373 g/mol. The summed E-state index contributed by atoms with van der Waals surface area (Å²) in [7, 11) is 0. The van der Waals surface area contributed by atoms with Gasteiger partial charge in [0.25, 0.3) is 0 Å². The number of nitrogens with zero attached hydrogens (tertiary/aromatic N) is 2. The van der Waals surface area contributed by atoms with Gasteiger partial charge in [0, 0.05) is 11.6 Å². The molecule has 130 valence electrons. The second kappa shape index (κ2) is 8.60. The molecule has 0 atom stereocenters. The van der Waals surface area contributed by atoms with E-state index in [2.05, 4.69) is 5.32 Å². The average Bonchev–Trinajstić information content (AvgIpc) is 2.93. The predicted octanol–water partition coefficient (Wildman–Crippen LogP) is 2.31.